The number of carbonyl (C=O) groups is 1. The molecule has 38 heavy (non-hydrogen) atoms. The van der Waals surface area contributed by atoms with Crippen molar-refractivity contribution in [1.82, 2.24) is 4.31 Å². The molecule has 3 aromatic carbocycles. The molecule has 3 aromatic rings. The van der Waals surface area contributed by atoms with Crippen molar-refractivity contribution in [3.8, 4) is 5.75 Å². The number of anilines is 2. The number of sulfonamides is 2. The smallest absolute Gasteiger partial charge is 0.264 e. The minimum Gasteiger partial charge on any atom is -0.495 e. The Bertz CT molecular complexity index is 1510. The van der Waals surface area contributed by atoms with Gasteiger partial charge in [0.15, 0.2) is 0 Å². The molecule has 0 spiro atoms. The highest BCUT2D eigenvalue weighted by atomic mass is 32.2. The van der Waals surface area contributed by atoms with Crippen molar-refractivity contribution in [2.45, 2.75) is 9.79 Å². The van der Waals surface area contributed by atoms with Crippen LogP contribution in [0.2, 0.25) is 0 Å². The molecule has 0 aliphatic carbocycles. The van der Waals surface area contributed by atoms with Gasteiger partial charge in [0, 0.05) is 13.1 Å². The molecule has 4 rings (SSSR count). The number of morpholine rings is 1. The van der Waals surface area contributed by atoms with Gasteiger partial charge in [0.1, 0.15) is 18.1 Å². The molecule has 0 bridgehead atoms. The zero-order chi connectivity index (χ0) is 27.3. The van der Waals surface area contributed by atoms with Crippen molar-refractivity contribution in [3.05, 3.63) is 78.6 Å². The molecule has 1 aliphatic heterocycles. The molecule has 202 valence electrons. The van der Waals surface area contributed by atoms with Crippen LogP contribution in [-0.2, 0) is 29.6 Å². The molecule has 0 saturated carbocycles. The van der Waals surface area contributed by atoms with Gasteiger partial charge < -0.3 is 14.8 Å². The van der Waals surface area contributed by atoms with Crippen LogP contribution in [0, 0.1) is 5.82 Å². The molecule has 0 unspecified atom stereocenters. The summed E-state index contributed by atoms with van der Waals surface area (Å²) in [5.74, 6) is -1.52. The Morgan fingerprint density at radius 1 is 0.974 bits per heavy atom. The van der Waals surface area contributed by atoms with Crippen LogP contribution in [0.5, 0.6) is 5.75 Å². The number of nitrogens with zero attached hydrogens (tertiary/aromatic N) is 2. The van der Waals surface area contributed by atoms with E-state index in [0.717, 1.165) is 6.07 Å². The Morgan fingerprint density at radius 2 is 1.63 bits per heavy atom. The Hall–Kier alpha value is -3.52. The molecule has 1 N–H and O–H groups in total. The molecular weight excluding hydrogens is 537 g/mol. The Labute approximate surface area is 220 Å². The lowest BCUT2D eigenvalue weighted by Crippen LogP contribution is -2.40. The molecule has 0 aromatic heterocycles. The molecule has 1 aliphatic rings. The minimum atomic E-state index is -4.34. The number of hydrogen-bond donors (Lipinski definition) is 1. The SMILES string of the molecule is COc1ccc(S(=O)(=O)N2CCOCC2)cc1NC(=O)CN(c1ccccc1F)S(=O)(=O)c1ccccc1. The van der Waals surface area contributed by atoms with E-state index in [-0.39, 0.29) is 53.2 Å². The third kappa shape index (κ3) is 5.80. The molecule has 13 heteroatoms. The third-order valence-corrected chi connectivity index (χ3v) is 9.46. The molecule has 1 fully saturated rings. The second-order valence-corrected chi connectivity index (χ2v) is 12.0. The van der Waals surface area contributed by atoms with E-state index in [0.29, 0.717) is 4.31 Å². The average Bonchev–Trinajstić information content (AvgIpc) is 2.93. The molecule has 0 atom stereocenters. The molecular formula is C25H26FN3O7S2. The fraction of sp³-hybridized carbons (Fsp3) is 0.240. The Morgan fingerprint density at radius 3 is 2.29 bits per heavy atom. The van der Waals surface area contributed by atoms with Crippen LogP contribution < -0.4 is 14.4 Å². The number of hydrogen-bond acceptors (Lipinski definition) is 7. The van der Waals surface area contributed by atoms with Gasteiger partial charge in [-0.15, -0.1) is 0 Å². The lowest BCUT2D eigenvalue weighted by molar-refractivity contribution is -0.114. The maximum atomic E-state index is 14.7. The van der Waals surface area contributed by atoms with E-state index in [9.17, 15) is 26.0 Å². The quantitative estimate of drug-likeness (QED) is 0.425. The van der Waals surface area contributed by atoms with E-state index in [4.69, 9.17) is 9.47 Å². The van der Waals surface area contributed by atoms with Crippen LogP contribution in [0.1, 0.15) is 0 Å². The number of para-hydroxylation sites is 1. The number of benzene rings is 3. The fourth-order valence-electron chi connectivity index (χ4n) is 3.87. The van der Waals surface area contributed by atoms with Crippen molar-refractivity contribution in [1.29, 1.82) is 0 Å². The maximum absolute atomic E-state index is 14.7. The van der Waals surface area contributed by atoms with Crippen LogP contribution in [0.4, 0.5) is 15.8 Å². The highest BCUT2D eigenvalue weighted by Gasteiger charge is 2.30. The number of amides is 1. The van der Waals surface area contributed by atoms with Crippen molar-refractivity contribution in [2.24, 2.45) is 0 Å². The van der Waals surface area contributed by atoms with Crippen molar-refractivity contribution < 1.29 is 35.5 Å². The molecule has 1 heterocycles. The summed E-state index contributed by atoms with van der Waals surface area (Å²) in [6.45, 7) is 0.110. The van der Waals surface area contributed by atoms with Gasteiger partial charge in [-0.25, -0.2) is 21.2 Å². The first-order valence-electron chi connectivity index (χ1n) is 11.5. The van der Waals surface area contributed by atoms with Gasteiger partial charge in [-0.3, -0.25) is 9.10 Å². The van der Waals surface area contributed by atoms with Gasteiger partial charge in [-0.2, -0.15) is 4.31 Å². The second kappa shape index (κ2) is 11.5. The summed E-state index contributed by atoms with van der Waals surface area (Å²) in [5, 5.41) is 2.52. The zero-order valence-electron chi connectivity index (χ0n) is 20.4. The molecule has 1 amide bonds. The van der Waals surface area contributed by atoms with Crippen LogP contribution in [0.3, 0.4) is 0 Å². The maximum Gasteiger partial charge on any atom is 0.264 e. The largest absolute Gasteiger partial charge is 0.495 e. The topological polar surface area (TPSA) is 122 Å². The first-order valence-corrected chi connectivity index (χ1v) is 14.4. The van der Waals surface area contributed by atoms with E-state index < -0.39 is 38.3 Å². The Kier molecular flexibility index (Phi) is 8.31. The van der Waals surface area contributed by atoms with Gasteiger partial charge in [-0.05, 0) is 42.5 Å². The first-order chi connectivity index (χ1) is 18.1. The predicted octanol–water partition coefficient (Wildman–Crippen LogP) is 2.69. The number of nitrogens with one attached hydrogen (secondary N) is 1. The number of ether oxygens (including phenoxy) is 2. The second-order valence-electron chi connectivity index (χ2n) is 8.20. The number of rotatable bonds is 9. The fourth-order valence-corrected chi connectivity index (χ4v) is 6.76. The summed E-state index contributed by atoms with van der Waals surface area (Å²) < 4.78 is 80.2. The average molecular weight is 564 g/mol. The van der Waals surface area contributed by atoms with E-state index in [1.807, 2.05) is 0 Å². The number of carbonyl (C=O) groups excluding carboxylic acids is 1. The highest BCUT2D eigenvalue weighted by molar-refractivity contribution is 7.92. The summed E-state index contributed by atoms with van der Waals surface area (Å²) >= 11 is 0. The monoisotopic (exact) mass is 563 g/mol. The summed E-state index contributed by atoms with van der Waals surface area (Å²) in [7, 11) is -6.88. The normalized spacial score (nSPS) is 14.6. The summed E-state index contributed by atoms with van der Waals surface area (Å²) in [6.07, 6.45) is 0. The Balaban J connectivity index is 1.65. The van der Waals surface area contributed by atoms with E-state index in [1.54, 1.807) is 6.07 Å². The molecule has 0 radical (unpaired) electrons. The summed E-state index contributed by atoms with van der Waals surface area (Å²) in [6, 6.07) is 16.5. The number of methoxy groups -OCH3 is 1. The molecule has 10 nitrogen and oxygen atoms in total. The summed E-state index contributed by atoms with van der Waals surface area (Å²) in [4.78, 5) is 12.9. The van der Waals surface area contributed by atoms with Gasteiger partial charge in [0.25, 0.3) is 10.0 Å². The van der Waals surface area contributed by atoms with E-state index in [1.165, 1.54) is 72.1 Å². The van der Waals surface area contributed by atoms with Gasteiger partial charge >= 0.3 is 0 Å². The zero-order valence-corrected chi connectivity index (χ0v) is 22.0. The van der Waals surface area contributed by atoms with Gasteiger partial charge in [0.2, 0.25) is 15.9 Å². The van der Waals surface area contributed by atoms with Gasteiger partial charge in [0.05, 0.1) is 41.5 Å². The predicted molar refractivity (Wildman–Crippen MR) is 139 cm³/mol. The lowest BCUT2D eigenvalue weighted by atomic mass is 10.3. The van der Waals surface area contributed by atoms with Crippen molar-refractivity contribution in [3.63, 3.8) is 0 Å². The third-order valence-electron chi connectivity index (χ3n) is 5.79. The van der Waals surface area contributed by atoms with Crippen LogP contribution in [-0.4, -0.2) is 67.0 Å². The van der Waals surface area contributed by atoms with Gasteiger partial charge in [-0.1, -0.05) is 30.3 Å². The van der Waals surface area contributed by atoms with E-state index >= 15 is 0 Å². The highest BCUT2D eigenvalue weighted by Crippen LogP contribution is 2.30. The van der Waals surface area contributed by atoms with Crippen LogP contribution in [0.15, 0.2) is 82.6 Å². The molecule has 1 saturated heterocycles. The van der Waals surface area contributed by atoms with Crippen molar-refractivity contribution >= 4 is 37.3 Å². The first kappa shape index (κ1) is 27.5. The summed E-state index contributed by atoms with van der Waals surface area (Å²) in [5.41, 5.74) is -0.306. The van der Waals surface area contributed by atoms with Crippen molar-refractivity contribution in [2.75, 3.05) is 49.6 Å². The lowest BCUT2D eigenvalue weighted by Gasteiger charge is -2.26. The van der Waals surface area contributed by atoms with Crippen LogP contribution in [0.25, 0.3) is 0 Å². The number of halogens is 1. The van der Waals surface area contributed by atoms with Crippen LogP contribution >= 0.6 is 0 Å². The minimum absolute atomic E-state index is 0.0115. The standard InChI is InChI=1S/C25H26FN3O7S2/c1-35-24-12-11-20(37(31,32)28-13-15-36-16-14-28)17-22(24)27-25(30)18-29(23-10-6-5-9-21(23)26)38(33,34)19-7-3-2-4-8-19/h2-12,17H,13-16,18H2,1H3,(H,27,30). The van der Waals surface area contributed by atoms with E-state index in [2.05, 4.69) is 5.32 Å².